The first-order valence-corrected chi connectivity index (χ1v) is 10.2. The Morgan fingerprint density at radius 2 is 1.75 bits per heavy atom. The molecule has 0 atom stereocenters. The Kier molecular flexibility index (Phi) is 5.81. The lowest BCUT2D eigenvalue weighted by Gasteiger charge is -2.14. The molecule has 1 saturated carbocycles. The number of hydrogen-bond acceptors (Lipinski definition) is 6. The lowest BCUT2D eigenvalue weighted by atomic mass is 10.1. The van der Waals surface area contributed by atoms with E-state index in [4.69, 9.17) is 9.47 Å². The van der Waals surface area contributed by atoms with Crippen molar-refractivity contribution in [3.63, 3.8) is 0 Å². The van der Waals surface area contributed by atoms with Crippen molar-refractivity contribution in [3.05, 3.63) is 80.1 Å². The molecule has 1 aliphatic rings. The highest BCUT2D eigenvalue weighted by molar-refractivity contribution is 5.92. The number of aryl methyl sites for hydroxylation is 1. The summed E-state index contributed by atoms with van der Waals surface area (Å²) in [5, 5.41) is 6.91. The fraction of sp³-hybridized carbons (Fsp3) is 0.304. The van der Waals surface area contributed by atoms with E-state index in [0.717, 1.165) is 33.2 Å². The Hall–Kier alpha value is -3.88. The average Bonchev–Trinajstić information content (AvgIpc) is 3.61. The van der Waals surface area contributed by atoms with Crippen molar-refractivity contribution in [2.75, 3.05) is 14.2 Å². The molecule has 1 fully saturated rings. The molecular weight excluding hydrogens is 412 g/mol. The molecule has 1 amide bonds. The summed E-state index contributed by atoms with van der Waals surface area (Å²) in [4.78, 5) is 39.1. The molecule has 2 aromatic carbocycles. The van der Waals surface area contributed by atoms with Gasteiger partial charge in [-0.2, -0.15) is 9.78 Å². The van der Waals surface area contributed by atoms with E-state index in [1.165, 1.54) is 14.2 Å². The summed E-state index contributed by atoms with van der Waals surface area (Å²) >= 11 is 0. The number of benzene rings is 2. The normalized spacial score (nSPS) is 13.0. The van der Waals surface area contributed by atoms with Crippen molar-refractivity contribution in [1.82, 2.24) is 19.7 Å². The third kappa shape index (κ3) is 4.27. The molecule has 0 unspecified atom stereocenters. The summed E-state index contributed by atoms with van der Waals surface area (Å²) in [5.74, 6) is 0.271. The van der Waals surface area contributed by atoms with Crippen LogP contribution in [-0.2, 0) is 6.54 Å². The Morgan fingerprint density at radius 3 is 2.38 bits per heavy atom. The molecule has 1 heterocycles. The predicted octanol–water partition coefficient (Wildman–Crippen LogP) is 1.66. The summed E-state index contributed by atoms with van der Waals surface area (Å²) < 4.78 is 12.6. The van der Waals surface area contributed by atoms with E-state index < -0.39 is 17.2 Å². The third-order valence-corrected chi connectivity index (χ3v) is 5.26. The zero-order valence-electron chi connectivity index (χ0n) is 18.1. The molecular formula is C23H24N4O5. The summed E-state index contributed by atoms with van der Waals surface area (Å²) in [6, 6.07) is 12.3. The van der Waals surface area contributed by atoms with Crippen LogP contribution in [0.25, 0.3) is 5.69 Å². The second kappa shape index (κ2) is 8.70. The topological polar surface area (TPSA) is 104 Å². The number of nitrogens with zero attached hydrogens (tertiary/aromatic N) is 3. The molecule has 1 aliphatic carbocycles. The number of amides is 1. The van der Waals surface area contributed by atoms with Gasteiger partial charge in [-0.05, 0) is 37.5 Å². The van der Waals surface area contributed by atoms with Crippen LogP contribution in [0.3, 0.4) is 0 Å². The van der Waals surface area contributed by atoms with Crippen LogP contribution in [0.2, 0.25) is 0 Å². The predicted molar refractivity (Wildman–Crippen MR) is 118 cm³/mol. The minimum Gasteiger partial charge on any atom is -0.493 e. The molecule has 0 saturated heterocycles. The molecule has 0 radical (unpaired) electrons. The van der Waals surface area contributed by atoms with Crippen molar-refractivity contribution in [2.24, 2.45) is 0 Å². The Bertz CT molecular complexity index is 1270. The van der Waals surface area contributed by atoms with Gasteiger partial charge < -0.3 is 14.8 Å². The van der Waals surface area contributed by atoms with E-state index in [-0.39, 0.29) is 18.3 Å². The maximum absolute atomic E-state index is 13.3. The quantitative estimate of drug-likeness (QED) is 0.604. The lowest BCUT2D eigenvalue weighted by molar-refractivity contribution is 0.0941. The summed E-state index contributed by atoms with van der Waals surface area (Å²) in [6.07, 6.45) is 1.72. The molecule has 9 nitrogen and oxygen atoms in total. The first kappa shape index (κ1) is 21.4. The van der Waals surface area contributed by atoms with Gasteiger partial charge in [0.15, 0.2) is 11.5 Å². The van der Waals surface area contributed by atoms with Crippen LogP contribution in [0.1, 0.15) is 34.5 Å². The molecule has 0 bridgehead atoms. The van der Waals surface area contributed by atoms with Crippen LogP contribution in [-0.4, -0.2) is 40.5 Å². The minimum absolute atomic E-state index is 0.0114. The minimum atomic E-state index is -0.731. The SMILES string of the molecule is COc1ccc(-n2nc(C(=O)NC3CC3)c(=O)n(Cc3ccc(C)cc3)c2=O)cc1OC. The van der Waals surface area contributed by atoms with Crippen molar-refractivity contribution >= 4 is 5.91 Å². The van der Waals surface area contributed by atoms with Crippen LogP contribution < -0.4 is 26.0 Å². The van der Waals surface area contributed by atoms with Gasteiger partial charge in [0.1, 0.15) is 0 Å². The molecule has 0 aliphatic heterocycles. The molecule has 32 heavy (non-hydrogen) atoms. The highest BCUT2D eigenvalue weighted by Crippen LogP contribution is 2.28. The zero-order valence-corrected chi connectivity index (χ0v) is 18.1. The van der Waals surface area contributed by atoms with Gasteiger partial charge in [0.25, 0.3) is 11.5 Å². The van der Waals surface area contributed by atoms with Gasteiger partial charge in [0.05, 0.1) is 26.5 Å². The van der Waals surface area contributed by atoms with Crippen LogP contribution in [0, 0.1) is 6.92 Å². The number of aromatic nitrogens is 3. The monoisotopic (exact) mass is 436 g/mol. The van der Waals surface area contributed by atoms with Crippen LogP contribution in [0.15, 0.2) is 52.1 Å². The van der Waals surface area contributed by atoms with Gasteiger partial charge in [0.2, 0.25) is 5.69 Å². The number of carbonyl (C=O) groups is 1. The number of carbonyl (C=O) groups excluding carboxylic acids is 1. The number of methoxy groups -OCH3 is 2. The van der Waals surface area contributed by atoms with Crippen LogP contribution in [0.4, 0.5) is 0 Å². The standard InChI is InChI=1S/C23H24N4O5/c1-14-4-6-15(7-5-14)13-26-22(29)20(21(28)24-16-8-9-16)25-27(23(26)30)17-10-11-18(31-2)19(12-17)32-3/h4-7,10-12,16H,8-9,13H2,1-3H3,(H,24,28). The van der Waals surface area contributed by atoms with Gasteiger partial charge in [0, 0.05) is 12.1 Å². The Morgan fingerprint density at radius 1 is 1.06 bits per heavy atom. The molecule has 9 heteroatoms. The van der Waals surface area contributed by atoms with E-state index in [9.17, 15) is 14.4 Å². The first-order chi connectivity index (χ1) is 15.4. The van der Waals surface area contributed by atoms with Crippen molar-refractivity contribution in [3.8, 4) is 17.2 Å². The highest BCUT2D eigenvalue weighted by Gasteiger charge is 2.27. The van der Waals surface area contributed by atoms with Gasteiger partial charge in [-0.3, -0.25) is 14.2 Å². The molecule has 1 aromatic heterocycles. The van der Waals surface area contributed by atoms with E-state index in [1.54, 1.807) is 18.2 Å². The van der Waals surface area contributed by atoms with E-state index in [2.05, 4.69) is 10.4 Å². The largest absolute Gasteiger partial charge is 0.493 e. The average molecular weight is 436 g/mol. The third-order valence-electron chi connectivity index (χ3n) is 5.26. The molecule has 166 valence electrons. The van der Waals surface area contributed by atoms with Crippen LogP contribution in [0.5, 0.6) is 11.5 Å². The number of rotatable bonds is 7. The summed E-state index contributed by atoms with van der Waals surface area (Å²) in [5.41, 5.74) is 0.428. The molecule has 1 N–H and O–H groups in total. The Balaban J connectivity index is 1.87. The van der Waals surface area contributed by atoms with Gasteiger partial charge >= 0.3 is 5.69 Å². The molecule has 0 spiro atoms. The Labute approximate surface area is 184 Å². The molecule has 4 rings (SSSR count). The smallest absolute Gasteiger partial charge is 0.352 e. The maximum atomic E-state index is 13.3. The fourth-order valence-electron chi connectivity index (χ4n) is 3.28. The van der Waals surface area contributed by atoms with Crippen molar-refractivity contribution in [2.45, 2.75) is 32.4 Å². The highest BCUT2D eigenvalue weighted by atomic mass is 16.5. The van der Waals surface area contributed by atoms with E-state index in [0.29, 0.717) is 17.2 Å². The van der Waals surface area contributed by atoms with Crippen molar-refractivity contribution < 1.29 is 14.3 Å². The van der Waals surface area contributed by atoms with E-state index in [1.807, 2.05) is 31.2 Å². The van der Waals surface area contributed by atoms with Crippen molar-refractivity contribution in [1.29, 1.82) is 0 Å². The second-order valence-corrected chi connectivity index (χ2v) is 7.71. The number of ether oxygens (including phenoxy) is 2. The first-order valence-electron chi connectivity index (χ1n) is 10.2. The zero-order chi connectivity index (χ0) is 22.8. The van der Waals surface area contributed by atoms with E-state index >= 15 is 0 Å². The van der Waals surface area contributed by atoms with Crippen LogP contribution >= 0.6 is 0 Å². The number of nitrogens with one attached hydrogen (secondary N) is 1. The van der Waals surface area contributed by atoms with Gasteiger partial charge in [-0.15, -0.1) is 0 Å². The second-order valence-electron chi connectivity index (χ2n) is 7.71. The van der Waals surface area contributed by atoms with Gasteiger partial charge in [-0.25, -0.2) is 4.79 Å². The number of hydrogen-bond donors (Lipinski definition) is 1. The lowest BCUT2D eigenvalue weighted by Crippen LogP contribution is -2.46. The maximum Gasteiger partial charge on any atom is 0.352 e. The van der Waals surface area contributed by atoms with Gasteiger partial charge in [-0.1, -0.05) is 29.8 Å². The fourth-order valence-corrected chi connectivity index (χ4v) is 3.28. The summed E-state index contributed by atoms with van der Waals surface area (Å²) in [6.45, 7) is 1.96. The summed E-state index contributed by atoms with van der Waals surface area (Å²) in [7, 11) is 2.98. The molecule has 3 aromatic rings.